The smallest absolute Gasteiger partial charge is 0.418 e. The van der Waals surface area contributed by atoms with Crippen molar-refractivity contribution in [2.24, 2.45) is 0 Å². The molecule has 0 aliphatic rings. The molecule has 22 heavy (non-hydrogen) atoms. The average Bonchev–Trinajstić information content (AvgIpc) is 2.92. The number of hydrogen-bond donors (Lipinski definition) is 1. The molecule has 0 aliphatic heterocycles. The van der Waals surface area contributed by atoms with Crippen molar-refractivity contribution < 1.29 is 24.2 Å². The van der Waals surface area contributed by atoms with Gasteiger partial charge in [-0.15, -0.1) is 0 Å². The van der Waals surface area contributed by atoms with Crippen LogP contribution in [-0.2, 0) is 14.3 Å². The van der Waals surface area contributed by atoms with E-state index in [-0.39, 0.29) is 12.2 Å². The molecule has 6 nitrogen and oxygen atoms in total. The van der Waals surface area contributed by atoms with Gasteiger partial charge in [-0.2, -0.15) is 0 Å². The second kappa shape index (κ2) is 6.44. The number of aliphatic hydroxyl groups is 1. The lowest BCUT2D eigenvalue weighted by atomic mass is 10.0. The number of benzene rings is 1. The molecule has 1 aromatic heterocycles. The number of nitrogens with zero attached hydrogens (tertiary/aromatic N) is 1. The fraction of sp³-hybridized carbons (Fsp3) is 0.250. The van der Waals surface area contributed by atoms with Crippen LogP contribution in [0.1, 0.15) is 18.6 Å². The van der Waals surface area contributed by atoms with Crippen molar-refractivity contribution in [2.45, 2.75) is 13.0 Å². The molecule has 0 radical (unpaired) electrons. The third-order valence-electron chi connectivity index (χ3n) is 3.28. The van der Waals surface area contributed by atoms with Crippen molar-refractivity contribution in [3.8, 4) is 0 Å². The van der Waals surface area contributed by atoms with Crippen LogP contribution in [0.5, 0.6) is 0 Å². The molecule has 0 saturated heterocycles. The molecule has 1 N–H and O–H groups in total. The van der Waals surface area contributed by atoms with Gasteiger partial charge in [0, 0.05) is 17.1 Å². The van der Waals surface area contributed by atoms with E-state index in [1.54, 1.807) is 31.2 Å². The van der Waals surface area contributed by atoms with Crippen molar-refractivity contribution in [1.82, 2.24) is 4.57 Å². The molecule has 2 rings (SSSR count). The molecule has 0 amide bonds. The number of ether oxygens (including phenoxy) is 2. The molecule has 0 aliphatic carbocycles. The van der Waals surface area contributed by atoms with Gasteiger partial charge in [0.05, 0.1) is 24.8 Å². The van der Waals surface area contributed by atoms with E-state index in [9.17, 15) is 14.7 Å². The zero-order valence-corrected chi connectivity index (χ0v) is 12.4. The molecule has 1 heterocycles. The largest absolute Gasteiger partial charge is 0.466 e. The van der Waals surface area contributed by atoms with Gasteiger partial charge in [-0.05, 0) is 13.0 Å². The van der Waals surface area contributed by atoms with Crippen LogP contribution in [0, 0.1) is 0 Å². The zero-order valence-electron chi connectivity index (χ0n) is 12.4. The molecule has 0 spiro atoms. The van der Waals surface area contributed by atoms with Crippen molar-refractivity contribution >= 4 is 23.0 Å². The minimum absolute atomic E-state index is 0.103. The summed E-state index contributed by atoms with van der Waals surface area (Å²) in [6.45, 7) is 5.49. The summed E-state index contributed by atoms with van der Waals surface area (Å²) in [5.41, 5.74) is 0.862. The van der Waals surface area contributed by atoms with Crippen LogP contribution in [0.2, 0.25) is 0 Å². The van der Waals surface area contributed by atoms with Crippen molar-refractivity contribution in [2.75, 3.05) is 13.7 Å². The molecular weight excluding hydrogens is 286 g/mol. The Morgan fingerprint density at radius 3 is 2.68 bits per heavy atom. The maximum Gasteiger partial charge on any atom is 0.418 e. The predicted molar refractivity (Wildman–Crippen MR) is 80.5 cm³/mol. The summed E-state index contributed by atoms with van der Waals surface area (Å²) in [5.74, 6) is -0.708. The lowest BCUT2D eigenvalue weighted by molar-refractivity contribution is -0.137. The van der Waals surface area contributed by atoms with Crippen LogP contribution in [0.15, 0.2) is 42.6 Å². The number of para-hydroxylation sites is 1. The maximum absolute atomic E-state index is 12.0. The first-order valence-electron chi connectivity index (χ1n) is 6.73. The summed E-state index contributed by atoms with van der Waals surface area (Å²) in [4.78, 5) is 23.5. The molecular formula is C16H17NO5. The molecule has 1 atom stereocenters. The molecule has 1 aromatic carbocycles. The summed E-state index contributed by atoms with van der Waals surface area (Å²) in [5, 5.41) is 11.0. The van der Waals surface area contributed by atoms with Crippen molar-refractivity contribution in [1.29, 1.82) is 0 Å². The van der Waals surface area contributed by atoms with Gasteiger partial charge in [-0.1, -0.05) is 24.8 Å². The van der Waals surface area contributed by atoms with E-state index in [0.29, 0.717) is 16.5 Å². The van der Waals surface area contributed by atoms with Crippen LogP contribution < -0.4 is 0 Å². The van der Waals surface area contributed by atoms with Gasteiger partial charge in [0.2, 0.25) is 0 Å². The Balaban J connectivity index is 2.53. The highest BCUT2D eigenvalue weighted by molar-refractivity contribution is 5.95. The van der Waals surface area contributed by atoms with E-state index in [1.165, 1.54) is 17.9 Å². The highest BCUT2D eigenvalue weighted by Crippen LogP contribution is 2.30. The second-order valence-electron chi connectivity index (χ2n) is 4.59. The fourth-order valence-corrected chi connectivity index (χ4v) is 2.20. The lowest BCUT2D eigenvalue weighted by Crippen LogP contribution is -2.13. The van der Waals surface area contributed by atoms with Crippen LogP contribution in [0.25, 0.3) is 10.9 Å². The topological polar surface area (TPSA) is 77.8 Å². The first-order chi connectivity index (χ1) is 10.5. The number of esters is 1. The summed E-state index contributed by atoms with van der Waals surface area (Å²) in [7, 11) is 1.21. The first kappa shape index (κ1) is 15.8. The molecule has 6 heteroatoms. The molecule has 2 aromatic rings. The fourth-order valence-electron chi connectivity index (χ4n) is 2.20. The number of fused-ring (bicyclic) bond motifs is 1. The van der Waals surface area contributed by atoms with Crippen LogP contribution in [0.3, 0.4) is 0 Å². The quantitative estimate of drug-likeness (QED) is 0.693. The SMILES string of the molecule is C=C(C(=O)OC)C(O)c1cn(C(=O)OCC)c2ccccc12. The Morgan fingerprint density at radius 1 is 1.36 bits per heavy atom. The van der Waals surface area contributed by atoms with Gasteiger partial charge in [0.25, 0.3) is 0 Å². The summed E-state index contributed by atoms with van der Waals surface area (Å²) >= 11 is 0. The molecule has 0 saturated carbocycles. The summed E-state index contributed by atoms with van der Waals surface area (Å²) < 4.78 is 10.8. The number of carbonyl (C=O) groups is 2. The number of hydrogen-bond acceptors (Lipinski definition) is 5. The Morgan fingerprint density at radius 2 is 2.05 bits per heavy atom. The predicted octanol–water partition coefficient (Wildman–Crippen LogP) is 2.41. The number of methoxy groups -OCH3 is 1. The standard InChI is InChI=1S/C16H17NO5/c1-4-22-16(20)17-9-12(11-7-5-6-8-13(11)17)14(18)10(2)15(19)21-3/h5-9,14,18H,2,4H2,1,3H3. The van der Waals surface area contributed by atoms with E-state index in [1.807, 2.05) is 0 Å². The first-order valence-corrected chi connectivity index (χ1v) is 6.73. The van der Waals surface area contributed by atoms with Crippen LogP contribution in [0.4, 0.5) is 4.79 Å². The van der Waals surface area contributed by atoms with Gasteiger partial charge in [-0.25, -0.2) is 9.59 Å². The van der Waals surface area contributed by atoms with Gasteiger partial charge in [-0.3, -0.25) is 4.57 Å². The maximum atomic E-state index is 12.0. The number of carbonyl (C=O) groups excluding carboxylic acids is 2. The molecule has 1 unspecified atom stereocenters. The van der Waals surface area contributed by atoms with E-state index < -0.39 is 18.2 Å². The summed E-state index contributed by atoms with van der Waals surface area (Å²) in [6.07, 6.45) is -0.379. The molecule has 116 valence electrons. The van der Waals surface area contributed by atoms with Gasteiger partial charge >= 0.3 is 12.1 Å². The third kappa shape index (κ3) is 2.73. The second-order valence-corrected chi connectivity index (χ2v) is 4.59. The zero-order chi connectivity index (χ0) is 16.3. The monoisotopic (exact) mass is 303 g/mol. The van der Waals surface area contributed by atoms with Crippen LogP contribution in [-0.4, -0.2) is 35.5 Å². The van der Waals surface area contributed by atoms with E-state index in [0.717, 1.165) is 0 Å². The number of rotatable bonds is 4. The number of aliphatic hydroxyl groups excluding tert-OH is 1. The Hall–Kier alpha value is -2.60. The van der Waals surface area contributed by atoms with Gasteiger partial charge < -0.3 is 14.6 Å². The minimum Gasteiger partial charge on any atom is -0.466 e. The third-order valence-corrected chi connectivity index (χ3v) is 3.28. The Kier molecular flexibility index (Phi) is 4.62. The lowest BCUT2D eigenvalue weighted by Gasteiger charge is -2.11. The van der Waals surface area contributed by atoms with E-state index in [2.05, 4.69) is 11.3 Å². The van der Waals surface area contributed by atoms with Crippen molar-refractivity contribution in [3.05, 3.63) is 48.2 Å². The average molecular weight is 303 g/mol. The Labute approximate surface area is 127 Å². The van der Waals surface area contributed by atoms with E-state index in [4.69, 9.17) is 4.74 Å². The van der Waals surface area contributed by atoms with Crippen LogP contribution >= 0.6 is 0 Å². The molecule has 0 fully saturated rings. The Bertz CT molecular complexity index is 731. The normalized spacial score (nSPS) is 12.0. The van der Waals surface area contributed by atoms with E-state index >= 15 is 0 Å². The van der Waals surface area contributed by atoms with Gasteiger partial charge in [0.1, 0.15) is 6.10 Å². The minimum atomic E-state index is -1.27. The highest BCUT2D eigenvalue weighted by Gasteiger charge is 2.24. The summed E-state index contributed by atoms with van der Waals surface area (Å²) in [6, 6.07) is 7.01. The van der Waals surface area contributed by atoms with Gasteiger partial charge in [0.15, 0.2) is 0 Å². The molecule has 0 bridgehead atoms. The highest BCUT2D eigenvalue weighted by atomic mass is 16.5. The number of aromatic nitrogens is 1. The van der Waals surface area contributed by atoms with Crippen molar-refractivity contribution in [3.63, 3.8) is 0 Å².